The summed E-state index contributed by atoms with van der Waals surface area (Å²) >= 11 is 0. The number of rotatable bonds is 2. The molecule has 0 fully saturated rings. The van der Waals surface area contributed by atoms with Crippen molar-refractivity contribution in [1.82, 2.24) is 14.1 Å². The van der Waals surface area contributed by atoms with Gasteiger partial charge in [0, 0.05) is 18.4 Å². The number of nitrogens with two attached hydrogens (primary N) is 1. The molecule has 0 radical (unpaired) electrons. The van der Waals surface area contributed by atoms with Crippen molar-refractivity contribution >= 4 is 22.7 Å². The van der Waals surface area contributed by atoms with Crippen LogP contribution in [0.3, 0.4) is 0 Å². The Balaban J connectivity index is 1.90. The number of nitriles is 1. The first-order valence-electron chi connectivity index (χ1n) is 7.70. The van der Waals surface area contributed by atoms with Crippen molar-refractivity contribution in [3.63, 3.8) is 0 Å². The predicted octanol–water partition coefficient (Wildman–Crippen LogP) is 1.60. The van der Waals surface area contributed by atoms with E-state index in [4.69, 9.17) is 15.2 Å². The number of nitrogens with zero attached hydrogens (tertiary/aromatic N) is 4. The van der Waals surface area contributed by atoms with E-state index in [-0.39, 0.29) is 16.9 Å². The van der Waals surface area contributed by atoms with Crippen LogP contribution >= 0.6 is 0 Å². The fraction of sp³-hybridized carbons (Fsp3) is 0.235. The van der Waals surface area contributed by atoms with Gasteiger partial charge in [-0.1, -0.05) is 0 Å². The normalized spacial score (nSPS) is 13.4. The Morgan fingerprint density at radius 1 is 1.48 bits per heavy atom. The Morgan fingerprint density at radius 3 is 3.08 bits per heavy atom. The van der Waals surface area contributed by atoms with Crippen LogP contribution < -0.4 is 5.73 Å². The molecule has 2 aromatic heterocycles. The second-order valence-corrected chi connectivity index (χ2v) is 5.68. The van der Waals surface area contributed by atoms with Crippen molar-refractivity contribution in [2.24, 2.45) is 0 Å². The van der Waals surface area contributed by atoms with Gasteiger partial charge in [-0.3, -0.25) is 0 Å². The van der Waals surface area contributed by atoms with Gasteiger partial charge in [0.05, 0.1) is 36.0 Å². The number of hydrogen-bond donors (Lipinski definition) is 1. The molecule has 0 amide bonds. The first kappa shape index (κ1) is 15.2. The quantitative estimate of drug-likeness (QED) is 0.712. The zero-order valence-corrected chi connectivity index (χ0v) is 13.5. The van der Waals surface area contributed by atoms with E-state index in [0.717, 1.165) is 23.4 Å². The van der Waals surface area contributed by atoms with Gasteiger partial charge in [-0.15, -0.1) is 0 Å². The summed E-state index contributed by atoms with van der Waals surface area (Å²) in [4.78, 5) is 16.7. The number of aromatic nitrogens is 3. The maximum absolute atomic E-state index is 12.1. The highest BCUT2D eigenvalue weighted by Gasteiger charge is 2.22. The summed E-state index contributed by atoms with van der Waals surface area (Å²) in [5.74, 6) is 0.271. The van der Waals surface area contributed by atoms with E-state index < -0.39 is 5.97 Å². The number of benzene rings is 1. The lowest BCUT2D eigenvalue weighted by atomic mass is 10.2. The molecule has 0 unspecified atom stereocenters. The molecule has 0 saturated heterocycles. The van der Waals surface area contributed by atoms with E-state index in [1.54, 1.807) is 4.57 Å². The average molecular weight is 337 g/mol. The first-order valence-corrected chi connectivity index (χ1v) is 7.70. The Bertz CT molecular complexity index is 1040. The van der Waals surface area contributed by atoms with Crippen LogP contribution in [0.1, 0.15) is 21.9 Å². The largest absolute Gasteiger partial charge is 0.464 e. The summed E-state index contributed by atoms with van der Waals surface area (Å²) in [7, 11) is 1.28. The summed E-state index contributed by atoms with van der Waals surface area (Å²) in [5.41, 5.74) is 8.87. The van der Waals surface area contributed by atoms with Crippen molar-refractivity contribution < 1.29 is 14.3 Å². The molecule has 0 aliphatic carbocycles. The van der Waals surface area contributed by atoms with Crippen LogP contribution in [0, 0.1) is 11.3 Å². The van der Waals surface area contributed by atoms with E-state index >= 15 is 0 Å². The maximum Gasteiger partial charge on any atom is 0.357 e. The first-order chi connectivity index (χ1) is 12.1. The number of imidazole rings is 1. The molecule has 1 aromatic carbocycles. The SMILES string of the molecule is COC(=O)c1c(N)c(C#N)cn1-c1ccc2c(c1)nc1n2CCOC1. The summed E-state index contributed by atoms with van der Waals surface area (Å²) in [5, 5.41) is 9.21. The molecule has 126 valence electrons. The zero-order valence-electron chi connectivity index (χ0n) is 13.5. The third-order valence-corrected chi connectivity index (χ3v) is 4.32. The van der Waals surface area contributed by atoms with E-state index in [1.165, 1.54) is 13.3 Å². The average Bonchev–Trinajstić information content (AvgIpc) is 3.17. The van der Waals surface area contributed by atoms with Crippen LogP contribution in [0.25, 0.3) is 16.7 Å². The van der Waals surface area contributed by atoms with Crippen LogP contribution in [0.5, 0.6) is 0 Å². The topological polar surface area (TPSA) is 108 Å². The number of ether oxygens (including phenoxy) is 2. The molecule has 0 atom stereocenters. The highest BCUT2D eigenvalue weighted by Crippen LogP contribution is 2.27. The summed E-state index contributed by atoms with van der Waals surface area (Å²) < 4.78 is 13.9. The Kier molecular flexibility index (Phi) is 3.44. The van der Waals surface area contributed by atoms with Gasteiger partial charge in [-0.2, -0.15) is 5.26 Å². The minimum absolute atomic E-state index is 0.104. The predicted molar refractivity (Wildman–Crippen MR) is 89.2 cm³/mol. The molecule has 4 rings (SSSR count). The number of fused-ring (bicyclic) bond motifs is 3. The van der Waals surface area contributed by atoms with Crippen LogP contribution in [0.4, 0.5) is 5.69 Å². The van der Waals surface area contributed by atoms with Gasteiger partial charge >= 0.3 is 5.97 Å². The van der Waals surface area contributed by atoms with Gasteiger partial charge in [0.2, 0.25) is 0 Å². The minimum Gasteiger partial charge on any atom is -0.464 e. The van der Waals surface area contributed by atoms with E-state index in [1.807, 2.05) is 24.3 Å². The van der Waals surface area contributed by atoms with Crippen molar-refractivity contribution in [1.29, 1.82) is 5.26 Å². The van der Waals surface area contributed by atoms with Gasteiger partial charge in [0.1, 0.15) is 18.5 Å². The molecule has 3 heterocycles. The number of carbonyl (C=O) groups excluding carboxylic acids is 1. The molecule has 0 saturated carbocycles. The van der Waals surface area contributed by atoms with Gasteiger partial charge in [-0.25, -0.2) is 9.78 Å². The molecule has 0 bridgehead atoms. The molecular weight excluding hydrogens is 322 g/mol. The van der Waals surface area contributed by atoms with Gasteiger partial charge < -0.3 is 24.3 Å². The van der Waals surface area contributed by atoms with Crippen LogP contribution in [-0.2, 0) is 22.6 Å². The highest BCUT2D eigenvalue weighted by atomic mass is 16.5. The van der Waals surface area contributed by atoms with Crippen LogP contribution in [0.2, 0.25) is 0 Å². The molecule has 25 heavy (non-hydrogen) atoms. The minimum atomic E-state index is -0.600. The summed E-state index contributed by atoms with van der Waals surface area (Å²) in [6.45, 7) is 1.90. The lowest BCUT2D eigenvalue weighted by molar-refractivity contribution is 0.0593. The number of carbonyl (C=O) groups is 1. The molecule has 0 spiro atoms. The second-order valence-electron chi connectivity index (χ2n) is 5.68. The van der Waals surface area contributed by atoms with Crippen LogP contribution in [0.15, 0.2) is 24.4 Å². The number of hydrogen-bond acceptors (Lipinski definition) is 6. The summed E-state index contributed by atoms with van der Waals surface area (Å²) in [6, 6.07) is 7.65. The molecule has 2 N–H and O–H groups in total. The van der Waals surface area contributed by atoms with Crippen molar-refractivity contribution in [2.45, 2.75) is 13.2 Å². The Morgan fingerprint density at radius 2 is 2.32 bits per heavy atom. The zero-order chi connectivity index (χ0) is 17.6. The highest BCUT2D eigenvalue weighted by molar-refractivity contribution is 5.96. The maximum atomic E-state index is 12.1. The van der Waals surface area contributed by atoms with Gasteiger partial charge in [0.25, 0.3) is 0 Å². The standard InChI is InChI=1S/C17H15N5O3/c1-24-17(23)16-15(19)10(7-18)8-22(16)11-2-3-13-12(6-11)20-14-9-25-5-4-21(13)14/h2-3,6,8H,4-5,9,19H2,1H3. The van der Waals surface area contributed by atoms with Crippen molar-refractivity contribution in [2.75, 3.05) is 19.5 Å². The van der Waals surface area contributed by atoms with Crippen molar-refractivity contribution in [3.8, 4) is 11.8 Å². The lowest BCUT2D eigenvalue weighted by Gasteiger charge is -2.14. The second kappa shape index (κ2) is 5.65. The number of esters is 1. The molecule has 3 aromatic rings. The van der Waals surface area contributed by atoms with Gasteiger partial charge in [-0.05, 0) is 18.2 Å². The smallest absolute Gasteiger partial charge is 0.357 e. The van der Waals surface area contributed by atoms with E-state index in [2.05, 4.69) is 9.55 Å². The molecule has 8 heteroatoms. The number of anilines is 1. The molecule has 1 aliphatic rings. The summed E-state index contributed by atoms with van der Waals surface area (Å²) in [6.07, 6.45) is 1.53. The fourth-order valence-corrected chi connectivity index (χ4v) is 3.12. The molecule has 8 nitrogen and oxygen atoms in total. The van der Waals surface area contributed by atoms with Crippen molar-refractivity contribution in [3.05, 3.63) is 41.5 Å². The van der Waals surface area contributed by atoms with Crippen LogP contribution in [-0.4, -0.2) is 33.8 Å². The lowest BCUT2D eigenvalue weighted by Crippen LogP contribution is -2.16. The monoisotopic (exact) mass is 337 g/mol. The third-order valence-electron chi connectivity index (χ3n) is 4.32. The van der Waals surface area contributed by atoms with E-state index in [0.29, 0.717) is 18.9 Å². The molecular formula is C17H15N5O3. The van der Waals surface area contributed by atoms with E-state index in [9.17, 15) is 10.1 Å². The Labute approximate surface area is 143 Å². The fourth-order valence-electron chi connectivity index (χ4n) is 3.12. The Hall–Kier alpha value is -3.31. The number of methoxy groups -OCH3 is 1. The number of nitrogen functional groups attached to an aromatic ring is 1. The third kappa shape index (κ3) is 2.25. The molecule has 1 aliphatic heterocycles. The van der Waals surface area contributed by atoms with Gasteiger partial charge in [0.15, 0.2) is 5.69 Å².